The van der Waals surface area contributed by atoms with Crippen molar-refractivity contribution in [3.63, 3.8) is 0 Å². The summed E-state index contributed by atoms with van der Waals surface area (Å²) in [6.45, 7) is 1.94. The Hall–Kier alpha value is -2.80. The van der Waals surface area contributed by atoms with Gasteiger partial charge in [-0.1, -0.05) is 12.1 Å². The maximum atomic E-state index is 12.1. The van der Waals surface area contributed by atoms with Crippen LogP contribution in [0.3, 0.4) is 0 Å². The fraction of sp³-hybridized carbons (Fsp3) is 0.211. The van der Waals surface area contributed by atoms with Gasteiger partial charge in [0.25, 0.3) is 0 Å². The second-order valence-corrected chi connectivity index (χ2v) is 7.96. The van der Waals surface area contributed by atoms with E-state index in [-0.39, 0.29) is 5.91 Å². The molecule has 0 aliphatic carbocycles. The smallest absolute Gasteiger partial charge is 0.248 e. The highest BCUT2D eigenvalue weighted by Gasteiger charge is 2.04. The fourth-order valence-corrected chi connectivity index (χ4v) is 2.85. The molecule has 138 valence electrons. The van der Waals surface area contributed by atoms with E-state index in [1.807, 2.05) is 44.1 Å². The Kier molecular flexibility index (Phi) is 6.05. The molecule has 0 heterocycles. The molecular formula is C19H23N3O3S. The standard InChI is InChI=1S/C19H23N3O3S/c1-14-13-17(22(2)3)10-11-18(14)20-19(23)12-7-15-5-8-16(9-6-15)21-26(4,24)25/h5-13,21H,1-4H3,(H,20,23). The number of rotatable bonds is 6. The Morgan fingerprint density at radius 3 is 2.27 bits per heavy atom. The summed E-state index contributed by atoms with van der Waals surface area (Å²) in [6.07, 6.45) is 4.21. The normalized spacial score (nSPS) is 11.4. The molecule has 1 amide bonds. The Morgan fingerprint density at radius 1 is 1.08 bits per heavy atom. The molecule has 0 bridgehead atoms. The highest BCUT2D eigenvalue weighted by atomic mass is 32.2. The van der Waals surface area contributed by atoms with E-state index < -0.39 is 10.0 Å². The van der Waals surface area contributed by atoms with E-state index in [1.54, 1.807) is 30.3 Å². The first-order chi connectivity index (χ1) is 12.1. The predicted octanol–water partition coefficient (Wildman–Crippen LogP) is 3.08. The molecule has 2 aromatic rings. The van der Waals surface area contributed by atoms with Gasteiger partial charge in [-0.15, -0.1) is 0 Å². The lowest BCUT2D eigenvalue weighted by molar-refractivity contribution is -0.111. The third-order valence-electron chi connectivity index (χ3n) is 3.63. The molecule has 0 spiro atoms. The van der Waals surface area contributed by atoms with Crippen molar-refractivity contribution in [1.29, 1.82) is 0 Å². The molecule has 2 N–H and O–H groups in total. The molecular weight excluding hydrogens is 350 g/mol. The van der Waals surface area contributed by atoms with Gasteiger partial charge in [0.05, 0.1) is 6.26 Å². The number of hydrogen-bond acceptors (Lipinski definition) is 4. The van der Waals surface area contributed by atoms with Crippen LogP contribution in [0.4, 0.5) is 17.1 Å². The average Bonchev–Trinajstić information content (AvgIpc) is 2.54. The summed E-state index contributed by atoms with van der Waals surface area (Å²) in [4.78, 5) is 14.1. The molecule has 0 aromatic heterocycles. The topological polar surface area (TPSA) is 78.5 Å². The highest BCUT2D eigenvalue weighted by molar-refractivity contribution is 7.92. The molecule has 0 saturated carbocycles. The number of amides is 1. The number of carbonyl (C=O) groups excluding carboxylic acids is 1. The molecule has 6 nitrogen and oxygen atoms in total. The number of aryl methyl sites for hydroxylation is 1. The molecule has 0 atom stereocenters. The second-order valence-electron chi connectivity index (χ2n) is 6.21. The first-order valence-electron chi connectivity index (χ1n) is 7.99. The number of carbonyl (C=O) groups is 1. The van der Waals surface area contributed by atoms with Crippen molar-refractivity contribution in [3.05, 3.63) is 59.7 Å². The largest absolute Gasteiger partial charge is 0.378 e. The monoisotopic (exact) mass is 373 g/mol. The van der Waals surface area contributed by atoms with Gasteiger partial charge in [-0.2, -0.15) is 0 Å². The van der Waals surface area contributed by atoms with E-state index in [0.29, 0.717) is 5.69 Å². The van der Waals surface area contributed by atoms with Crippen molar-refractivity contribution < 1.29 is 13.2 Å². The molecule has 2 rings (SSSR count). The third kappa shape index (κ3) is 5.93. The van der Waals surface area contributed by atoms with Gasteiger partial charge in [0.2, 0.25) is 15.9 Å². The minimum absolute atomic E-state index is 0.232. The van der Waals surface area contributed by atoms with Crippen LogP contribution < -0.4 is 14.9 Å². The van der Waals surface area contributed by atoms with Crippen LogP contribution in [0.15, 0.2) is 48.5 Å². The molecule has 0 aliphatic heterocycles. The van der Waals surface area contributed by atoms with Gasteiger partial charge in [-0.3, -0.25) is 9.52 Å². The van der Waals surface area contributed by atoms with Crippen LogP contribution in [-0.2, 0) is 14.8 Å². The maximum absolute atomic E-state index is 12.1. The van der Waals surface area contributed by atoms with E-state index in [4.69, 9.17) is 0 Å². The summed E-state index contributed by atoms with van der Waals surface area (Å²) in [5.74, 6) is -0.232. The minimum atomic E-state index is -3.30. The number of anilines is 3. The maximum Gasteiger partial charge on any atom is 0.248 e. The molecule has 0 fully saturated rings. The summed E-state index contributed by atoms with van der Waals surface area (Å²) in [6, 6.07) is 12.6. The van der Waals surface area contributed by atoms with Gasteiger partial charge in [0.15, 0.2) is 0 Å². The van der Waals surface area contributed by atoms with E-state index >= 15 is 0 Å². The Bertz CT molecular complexity index is 918. The average molecular weight is 373 g/mol. The number of hydrogen-bond donors (Lipinski definition) is 2. The van der Waals surface area contributed by atoms with Gasteiger partial charge in [-0.05, 0) is 54.5 Å². The summed E-state index contributed by atoms with van der Waals surface area (Å²) in [5, 5.41) is 2.85. The van der Waals surface area contributed by atoms with Crippen molar-refractivity contribution in [2.45, 2.75) is 6.92 Å². The van der Waals surface area contributed by atoms with Gasteiger partial charge >= 0.3 is 0 Å². The lowest BCUT2D eigenvalue weighted by Crippen LogP contribution is -2.11. The van der Waals surface area contributed by atoms with E-state index in [2.05, 4.69) is 10.0 Å². The van der Waals surface area contributed by atoms with Crippen LogP contribution in [0.5, 0.6) is 0 Å². The summed E-state index contributed by atoms with van der Waals surface area (Å²) < 4.78 is 24.7. The Balaban J connectivity index is 2.01. The summed E-state index contributed by atoms with van der Waals surface area (Å²) in [5.41, 5.74) is 4.08. The minimum Gasteiger partial charge on any atom is -0.378 e. The van der Waals surface area contributed by atoms with Crippen LogP contribution in [-0.4, -0.2) is 34.7 Å². The van der Waals surface area contributed by atoms with Crippen LogP contribution in [0.2, 0.25) is 0 Å². The molecule has 0 aliphatic rings. The van der Waals surface area contributed by atoms with Crippen LogP contribution >= 0.6 is 0 Å². The Labute approximate surface area is 154 Å². The van der Waals surface area contributed by atoms with Crippen molar-refractivity contribution in [2.24, 2.45) is 0 Å². The van der Waals surface area contributed by atoms with Crippen molar-refractivity contribution in [3.8, 4) is 0 Å². The summed E-state index contributed by atoms with van der Waals surface area (Å²) in [7, 11) is 0.631. The second kappa shape index (κ2) is 8.05. The van der Waals surface area contributed by atoms with Crippen LogP contribution in [0.25, 0.3) is 6.08 Å². The van der Waals surface area contributed by atoms with Gasteiger partial charge in [-0.25, -0.2) is 8.42 Å². The molecule has 2 aromatic carbocycles. The van der Waals surface area contributed by atoms with Crippen molar-refractivity contribution in [1.82, 2.24) is 0 Å². The predicted molar refractivity (Wildman–Crippen MR) is 108 cm³/mol. The molecule has 26 heavy (non-hydrogen) atoms. The van der Waals surface area contributed by atoms with Gasteiger partial charge in [0.1, 0.15) is 0 Å². The lowest BCUT2D eigenvalue weighted by Gasteiger charge is -2.15. The number of nitrogens with one attached hydrogen (secondary N) is 2. The highest BCUT2D eigenvalue weighted by Crippen LogP contribution is 2.21. The number of benzene rings is 2. The number of nitrogens with zero attached hydrogens (tertiary/aromatic N) is 1. The molecule has 0 saturated heterocycles. The van der Waals surface area contributed by atoms with Crippen molar-refractivity contribution in [2.75, 3.05) is 35.3 Å². The molecule has 0 unspecified atom stereocenters. The zero-order chi connectivity index (χ0) is 19.3. The zero-order valence-corrected chi connectivity index (χ0v) is 16.1. The molecule has 7 heteroatoms. The zero-order valence-electron chi connectivity index (χ0n) is 15.3. The fourth-order valence-electron chi connectivity index (χ4n) is 2.29. The SMILES string of the molecule is Cc1cc(N(C)C)ccc1NC(=O)C=Cc1ccc(NS(C)(=O)=O)cc1. The van der Waals surface area contributed by atoms with Gasteiger partial charge in [0, 0.05) is 37.2 Å². The molecule has 0 radical (unpaired) electrons. The summed E-state index contributed by atoms with van der Waals surface area (Å²) >= 11 is 0. The number of sulfonamides is 1. The van der Waals surface area contributed by atoms with Gasteiger partial charge < -0.3 is 10.2 Å². The quantitative estimate of drug-likeness (QED) is 0.763. The van der Waals surface area contributed by atoms with E-state index in [1.165, 1.54) is 6.08 Å². The van der Waals surface area contributed by atoms with E-state index in [9.17, 15) is 13.2 Å². The van der Waals surface area contributed by atoms with Crippen LogP contribution in [0, 0.1) is 6.92 Å². The third-order valence-corrected chi connectivity index (χ3v) is 4.23. The van der Waals surface area contributed by atoms with Crippen molar-refractivity contribution >= 4 is 39.1 Å². The Morgan fingerprint density at radius 2 is 1.73 bits per heavy atom. The lowest BCUT2D eigenvalue weighted by atomic mass is 10.1. The van der Waals surface area contributed by atoms with Crippen LogP contribution in [0.1, 0.15) is 11.1 Å². The first-order valence-corrected chi connectivity index (χ1v) is 9.88. The van der Waals surface area contributed by atoms with E-state index in [0.717, 1.165) is 28.8 Å². The first kappa shape index (κ1) is 19.5.